The van der Waals surface area contributed by atoms with Crippen molar-refractivity contribution < 1.29 is 4.74 Å². The molecular weight excluding hydrogens is 256 g/mol. The highest BCUT2D eigenvalue weighted by atomic mass is 16.5. The van der Waals surface area contributed by atoms with Crippen molar-refractivity contribution in [2.45, 2.75) is 78.1 Å². The fraction of sp³-hybridized carbons (Fsp3) is 0.600. The van der Waals surface area contributed by atoms with Crippen LogP contribution < -0.4 is 4.74 Å². The van der Waals surface area contributed by atoms with Gasteiger partial charge in [0.05, 0.1) is 0 Å². The molecule has 0 amide bonds. The van der Waals surface area contributed by atoms with Gasteiger partial charge in [0.15, 0.2) is 0 Å². The highest BCUT2D eigenvalue weighted by Gasteiger charge is 2.01. The zero-order chi connectivity index (χ0) is 15.2. The van der Waals surface area contributed by atoms with Gasteiger partial charge in [-0.05, 0) is 31.1 Å². The van der Waals surface area contributed by atoms with Gasteiger partial charge in [0.25, 0.3) is 0 Å². The number of unbranched alkanes of at least 4 members (excludes halogenated alkanes) is 7. The molecule has 1 aromatic carbocycles. The molecule has 0 aliphatic rings. The third-order valence-electron chi connectivity index (χ3n) is 3.68. The lowest BCUT2D eigenvalue weighted by Crippen LogP contribution is -1.96. The van der Waals surface area contributed by atoms with Gasteiger partial charge >= 0.3 is 0 Å². The van der Waals surface area contributed by atoms with E-state index in [4.69, 9.17) is 4.74 Å². The molecule has 0 aliphatic heterocycles. The van der Waals surface area contributed by atoms with Crippen LogP contribution in [0.1, 0.15) is 78.1 Å². The van der Waals surface area contributed by atoms with Crippen LogP contribution in [0.15, 0.2) is 42.2 Å². The van der Waals surface area contributed by atoms with Crippen molar-refractivity contribution >= 4 is 0 Å². The molecule has 1 aromatic rings. The lowest BCUT2D eigenvalue weighted by atomic mass is 10.1. The van der Waals surface area contributed by atoms with E-state index < -0.39 is 0 Å². The first-order valence-electron chi connectivity index (χ1n) is 8.78. The summed E-state index contributed by atoms with van der Waals surface area (Å²) in [7, 11) is 0. The standard InChI is InChI=1S/C20H32O/c1-3-5-7-8-9-10-12-16-19(15-6-4-2)21-20-17-13-11-14-18-20/h11,13-15,17-18H,3-10,12,16H2,1-2H3. The van der Waals surface area contributed by atoms with Crippen LogP contribution in [0.5, 0.6) is 5.75 Å². The number of para-hydroxylation sites is 1. The number of hydrogen-bond donors (Lipinski definition) is 0. The molecule has 118 valence electrons. The van der Waals surface area contributed by atoms with Crippen molar-refractivity contribution in [1.82, 2.24) is 0 Å². The molecule has 0 bridgehead atoms. The Kier molecular flexibility index (Phi) is 10.6. The Morgan fingerprint density at radius 3 is 2.19 bits per heavy atom. The maximum absolute atomic E-state index is 6.02. The summed E-state index contributed by atoms with van der Waals surface area (Å²) in [6.45, 7) is 4.48. The minimum atomic E-state index is 0.961. The van der Waals surface area contributed by atoms with Gasteiger partial charge in [-0.2, -0.15) is 0 Å². The normalized spacial score (nSPS) is 11.6. The Morgan fingerprint density at radius 2 is 1.52 bits per heavy atom. The third-order valence-corrected chi connectivity index (χ3v) is 3.68. The van der Waals surface area contributed by atoms with Crippen molar-refractivity contribution in [3.8, 4) is 5.75 Å². The second-order valence-electron chi connectivity index (χ2n) is 5.75. The highest BCUT2D eigenvalue weighted by Crippen LogP contribution is 2.18. The van der Waals surface area contributed by atoms with Gasteiger partial charge < -0.3 is 4.74 Å². The molecule has 1 nitrogen and oxygen atoms in total. The SMILES string of the molecule is CCCC=C(CCCCCCCCC)Oc1ccccc1. The monoisotopic (exact) mass is 288 g/mol. The predicted molar refractivity (Wildman–Crippen MR) is 92.7 cm³/mol. The van der Waals surface area contributed by atoms with Gasteiger partial charge in [0.1, 0.15) is 11.5 Å². The number of benzene rings is 1. The summed E-state index contributed by atoms with van der Waals surface area (Å²) in [4.78, 5) is 0. The van der Waals surface area contributed by atoms with Gasteiger partial charge in [0.2, 0.25) is 0 Å². The van der Waals surface area contributed by atoms with E-state index in [0.717, 1.165) is 24.4 Å². The largest absolute Gasteiger partial charge is 0.462 e. The molecular formula is C20H32O. The summed E-state index contributed by atoms with van der Waals surface area (Å²) in [6.07, 6.45) is 15.1. The maximum Gasteiger partial charge on any atom is 0.126 e. The van der Waals surface area contributed by atoms with Crippen LogP contribution >= 0.6 is 0 Å². The molecule has 0 unspecified atom stereocenters. The smallest absolute Gasteiger partial charge is 0.126 e. The summed E-state index contributed by atoms with van der Waals surface area (Å²) in [5.41, 5.74) is 0. The molecule has 0 saturated carbocycles. The zero-order valence-corrected chi connectivity index (χ0v) is 13.9. The van der Waals surface area contributed by atoms with Gasteiger partial charge in [-0.1, -0.05) is 77.0 Å². The van der Waals surface area contributed by atoms with E-state index >= 15 is 0 Å². The molecule has 0 saturated heterocycles. The molecule has 1 rings (SSSR count). The van der Waals surface area contributed by atoms with Gasteiger partial charge in [-0.15, -0.1) is 0 Å². The van der Waals surface area contributed by atoms with E-state index in [1.807, 2.05) is 30.3 Å². The Labute approximate surface area is 131 Å². The van der Waals surface area contributed by atoms with Gasteiger partial charge in [-0.3, -0.25) is 0 Å². The molecule has 0 aliphatic carbocycles. The number of rotatable bonds is 12. The fourth-order valence-electron chi connectivity index (χ4n) is 2.40. The predicted octanol–water partition coefficient (Wildman–Crippen LogP) is 6.89. The number of hydrogen-bond acceptors (Lipinski definition) is 1. The second-order valence-corrected chi connectivity index (χ2v) is 5.75. The van der Waals surface area contributed by atoms with E-state index in [0.29, 0.717) is 0 Å². The minimum Gasteiger partial charge on any atom is -0.462 e. The van der Waals surface area contributed by atoms with Crippen LogP contribution in [-0.2, 0) is 0 Å². The molecule has 0 atom stereocenters. The van der Waals surface area contributed by atoms with E-state index in [-0.39, 0.29) is 0 Å². The Morgan fingerprint density at radius 1 is 0.857 bits per heavy atom. The summed E-state index contributed by atoms with van der Waals surface area (Å²) in [5.74, 6) is 2.11. The Hall–Kier alpha value is -1.24. The average molecular weight is 288 g/mol. The fourth-order valence-corrected chi connectivity index (χ4v) is 2.40. The molecule has 0 fully saturated rings. The van der Waals surface area contributed by atoms with Crippen LogP contribution in [0.4, 0.5) is 0 Å². The zero-order valence-electron chi connectivity index (χ0n) is 13.9. The molecule has 0 spiro atoms. The van der Waals surface area contributed by atoms with Crippen LogP contribution in [0.3, 0.4) is 0 Å². The minimum absolute atomic E-state index is 0.961. The van der Waals surface area contributed by atoms with E-state index in [9.17, 15) is 0 Å². The highest BCUT2D eigenvalue weighted by molar-refractivity contribution is 5.23. The van der Waals surface area contributed by atoms with Crippen molar-refractivity contribution in [3.63, 3.8) is 0 Å². The molecule has 1 heteroatoms. The first-order chi connectivity index (χ1) is 10.4. The summed E-state index contributed by atoms with van der Waals surface area (Å²) >= 11 is 0. The third kappa shape index (κ3) is 9.33. The quantitative estimate of drug-likeness (QED) is 0.300. The van der Waals surface area contributed by atoms with Crippen molar-refractivity contribution in [2.24, 2.45) is 0 Å². The van der Waals surface area contributed by atoms with E-state index in [2.05, 4.69) is 19.9 Å². The lowest BCUT2D eigenvalue weighted by molar-refractivity contribution is 0.392. The van der Waals surface area contributed by atoms with Crippen LogP contribution in [0.2, 0.25) is 0 Å². The van der Waals surface area contributed by atoms with Gasteiger partial charge in [-0.25, -0.2) is 0 Å². The van der Waals surface area contributed by atoms with Crippen LogP contribution in [-0.4, -0.2) is 0 Å². The molecule has 21 heavy (non-hydrogen) atoms. The second kappa shape index (κ2) is 12.5. The number of allylic oxidation sites excluding steroid dienone is 2. The maximum atomic E-state index is 6.02. The van der Waals surface area contributed by atoms with Crippen molar-refractivity contribution in [3.05, 3.63) is 42.2 Å². The van der Waals surface area contributed by atoms with Crippen molar-refractivity contribution in [1.29, 1.82) is 0 Å². The van der Waals surface area contributed by atoms with Crippen LogP contribution in [0.25, 0.3) is 0 Å². The van der Waals surface area contributed by atoms with Crippen molar-refractivity contribution in [2.75, 3.05) is 0 Å². The first-order valence-corrected chi connectivity index (χ1v) is 8.78. The summed E-state index contributed by atoms with van der Waals surface area (Å²) < 4.78 is 6.02. The van der Waals surface area contributed by atoms with E-state index in [1.165, 1.54) is 51.4 Å². The molecule has 0 N–H and O–H groups in total. The van der Waals surface area contributed by atoms with Crippen LogP contribution in [0, 0.1) is 0 Å². The lowest BCUT2D eigenvalue weighted by Gasteiger charge is -2.10. The summed E-state index contributed by atoms with van der Waals surface area (Å²) in [5, 5.41) is 0. The molecule has 0 aromatic heterocycles. The molecule has 0 radical (unpaired) electrons. The number of ether oxygens (including phenoxy) is 1. The first kappa shape index (κ1) is 17.8. The summed E-state index contributed by atoms with van der Waals surface area (Å²) in [6, 6.07) is 10.1. The molecule has 0 heterocycles. The average Bonchev–Trinajstić information content (AvgIpc) is 2.52. The Bertz CT molecular complexity index is 367. The Balaban J connectivity index is 2.27. The van der Waals surface area contributed by atoms with Gasteiger partial charge in [0, 0.05) is 6.42 Å². The van der Waals surface area contributed by atoms with E-state index in [1.54, 1.807) is 0 Å². The topological polar surface area (TPSA) is 9.23 Å².